The van der Waals surface area contributed by atoms with Crippen molar-refractivity contribution in [2.24, 2.45) is 0 Å². The predicted molar refractivity (Wildman–Crippen MR) is 36.5 cm³/mol. The van der Waals surface area contributed by atoms with Crippen molar-refractivity contribution in [1.82, 2.24) is 10.3 Å². The molecule has 0 amide bonds. The smallest absolute Gasteiger partial charge is 0.180 e. The molecule has 0 bridgehead atoms. The van der Waals surface area contributed by atoms with E-state index >= 15 is 0 Å². The Hall–Kier alpha value is -0.540. The summed E-state index contributed by atoms with van der Waals surface area (Å²) in [5.41, 5.74) is 0. The molecule has 0 aliphatic heterocycles. The maximum absolute atomic E-state index is 4.90. The maximum atomic E-state index is 4.90. The van der Waals surface area contributed by atoms with E-state index in [9.17, 15) is 0 Å². The Labute approximate surface area is 59.9 Å². The molecule has 0 saturated carbocycles. The molecule has 1 aromatic heterocycles. The first-order chi connectivity index (χ1) is 3.93. The van der Waals surface area contributed by atoms with Crippen LogP contribution in [0, 0.1) is 0 Å². The lowest BCUT2D eigenvalue weighted by Crippen LogP contribution is -2.03. The zero-order valence-electron chi connectivity index (χ0n) is 5.13. The van der Waals surface area contributed by atoms with Crippen LogP contribution < -0.4 is 5.32 Å². The van der Waals surface area contributed by atoms with Crippen molar-refractivity contribution in [3.05, 3.63) is 18.4 Å². The molecule has 0 fully saturated rings. The van der Waals surface area contributed by atoms with E-state index in [4.69, 9.17) is 4.42 Å². The topological polar surface area (TPSA) is 38.1 Å². The summed E-state index contributed by atoms with van der Waals surface area (Å²) < 4.78 is 4.90. The van der Waals surface area contributed by atoms with E-state index in [-0.39, 0.29) is 12.4 Å². The van der Waals surface area contributed by atoms with Crippen LogP contribution in [0.5, 0.6) is 0 Å². The van der Waals surface area contributed by atoms with Crippen molar-refractivity contribution in [3.8, 4) is 0 Å². The van der Waals surface area contributed by atoms with Crippen LogP contribution >= 0.6 is 12.4 Å². The van der Waals surface area contributed by atoms with Crippen molar-refractivity contribution in [2.45, 2.75) is 6.54 Å². The fraction of sp³-hybridized carbons (Fsp3) is 0.400. The molecule has 0 unspecified atom stereocenters. The second kappa shape index (κ2) is 4.35. The third-order valence-corrected chi connectivity index (χ3v) is 0.834. The number of oxazole rings is 1. The molecule has 0 aromatic carbocycles. The molecule has 0 radical (unpaired) electrons. The van der Waals surface area contributed by atoms with Gasteiger partial charge in [-0.3, -0.25) is 0 Å². The summed E-state index contributed by atoms with van der Waals surface area (Å²) in [6.07, 6.45) is 3.11. The Kier molecular flexibility index (Phi) is 4.09. The van der Waals surface area contributed by atoms with Crippen molar-refractivity contribution < 1.29 is 4.42 Å². The highest BCUT2D eigenvalue weighted by atomic mass is 35.5. The van der Waals surface area contributed by atoms with Gasteiger partial charge in [-0.1, -0.05) is 0 Å². The fourth-order valence-corrected chi connectivity index (χ4v) is 0.504. The first-order valence-corrected chi connectivity index (χ1v) is 2.45. The van der Waals surface area contributed by atoms with Crippen LogP contribution in [0.3, 0.4) is 0 Å². The molecule has 1 rings (SSSR count). The zero-order chi connectivity index (χ0) is 5.82. The first-order valence-electron chi connectivity index (χ1n) is 2.45. The molecule has 1 heterocycles. The summed E-state index contributed by atoms with van der Waals surface area (Å²) in [4.78, 5) is 3.73. The third-order valence-electron chi connectivity index (χ3n) is 0.834. The van der Waals surface area contributed by atoms with Gasteiger partial charge in [-0.2, -0.15) is 0 Å². The van der Waals surface area contributed by atoms with E-state index in [1.165, 1.54) is 6.39 Å². The summed E-state index contributed by atoms with van der Waals surface area (Å²) in [6.45, 7) is 0.750. The molecule has 0 saturated heterocycles. The monoisotopic (exact) mass is 148 g/mol. The average Bonchev–Trinajstić information content (AvgIpc) is 2.19. The van der Waals surface area contributed by atoms with Gasteiger partial charge in [0.2, 0.25) is 0 Å². The zero-order valence-corrected chi connectivity index (χ0v) is 5.94. The molecule has 0 aliphatic carbocycles. The number of rotatable bonds is 2. The molecule has 52 valence electrons. The van der Waals surface area contributed by atoms with Crippen molar-refractivity contribution >= 4 is 12.4 Å². The molecular weight excluding hydrogens is 140 g/mol. The van der Waals surface area contributed by atoms with Crippen LogP contribution in [0.25, 0.3) is 0 Å². The molecule has 3 nitrogen and oxygen atoms in total. The molecule has 1 aromatic rings. The van der Waals surface area contributed by atoms with Gasteiger partial charge in [0.15, 0.2) is 6.39 Å². The average molecular weight is 149 g/mol. The summed E-state index contributed by atoms with van der Waals surface area (Å²) in [6, 6.07) is 0. The standard InChI is InChI=1S/C5H8N2O.ClH/c1-6-2-5-3-7-4-8-5;/h3-4,6H,2H2,1H3;1H. The predicted octanol–water partition coefficient (Wildman–Crippen LogP) is 0.816. The van der Waals surface area contributed by atoms with Crippen LogP contribution in [0.15, 0.2) is 17.0 Å². The summed E-state index contributed by atoms with van der Waals surface area (Å²) >= 11 is 0. The number of hydrogen-bond acceptors (Lipinski definition) is 3. The number of hydrogen-bond donors (Lipinski definition) is 1. The SMILES string of the molecule is CNCc1cnco1.Cl. The van der Waals surface area contributed by atoms with Gasteiger partial charge in [0.05, 0.1) is 12.7 Å². The second-order valence-electron chi connectivity index (χ2n) is 1.50. The van der Waals surface area contributed by atoms with Crippen LogP contribution in [-0.4, -0.2) is 12.0 Å². The van der Waals surface area contributed by atoms with Gasteiger partial charge in [0, 0.05) is 0 Å². The highest BCUT2D eigenvalue weighted by Gasteiger charge is 1.89. The largest absolute Gasteiger partial charge is 0.447 e. The number of aromatic nitrogens is 1. The molecular formula is C5H9ClN2O. The molecule has 0 atom stereocenters. The van der Waals surface area contributed by atoms with Crippen molar-refractivity contribution in [3.63, 3.8) is 0 Å². The molecule has 0 spiro atoms. The van der Waals surface area contributed by atoms with Crippen molar-refractivity contribution in [2.75, 3.05) is 7.05 Å². The summed E-state index contributed by atoms with van der Waals surface area (Å²) in [5.74, 6) is 0.868. The van der Waals surface area contributed by atoms with E-state index in [0.717, 1.165) is 12.3 Å². The molecule has 1 N–H and O–H groups in total. The Morgan fingerprint density at radius 2 is 2.56 bits per heavy atom. The Morgan fingerprint density at radius 3 is 3.00 bits per heavy atom. The van der Waals surface area contributed by atoms with E-state index in [1.807, 2.05) is 7.05 Å². The van der Waals surface area contributed by atoms with Crippen LogP contribution in [-0.2, 0) is 6.54 Å². The normalized spacial score (nSPS) is 8.56. The highest BCUT2D eigenvalue weighted by molar-refractivity contribution is 5.85. The lowest BCUT2D eigenvalue weighted by molar-refractivity contribution is 0.490. The maximum Gasteiger partial charge on any atom is 0.180 e. The fourth-order valence-electron chi connectivity index (χ4n) is 0.504. The minimum Gasteiger partial charge on any atom is -0.447 e. The van der Waals surface area contributed by atoms with Gasteiger partial charge >= 0.3 is 0 Å². The number of halogens is 1. The van der Waals surface area contributed by atoms with Crippen LogP contribution in [0.1, 0.15) is 5.76 Å². The first kappa shape index (κ1) is 8.46. The second-order valence-corrected chi connectivity index (χ2v) is 1.50. The van der Waals surface area contributed by atoms with Gasteiger partial charge in [-0.15, -0.1) is 12.4 Å². The number of nitrogens with one attached hydrogen (secondary N) is 1. The van der Waals surface area contributed by atoms with Gasteiger partial charge in [0.1, 0.15) is 5.76 Å². The lowest BCUT2D eigenvalue weighted by atomic mass is 10.5. The van der Waals surface area contributed by atoms with Crippen molar-refractivity contribution in [1.29, 1.82) is 0 Å². The Bertz CT molecular complexity index is 141. The number of nitrogens with zero attached hydrogens (tertiary/aromatic N) is 1. The van der Waals surface area contributed by atoms with E-state index < -0.39 is 0 Å². The Morgan fingerprint density at radius 1 is 1.78 bits per heavy atom. The molecule has 9 heavy (non-hydrogen) atoms. The summed E-state index contributed by atoms with van der Waals surface area (Å²) in [7, 11) is 1.86. The summed E-state index contributed by atoms with van der Waals surface area (Å²) in [5, 5.41) is 2.94. The quantitative estimate of drug-likeness (QED) is 0.675. The minimum absolute atomic E-state index is 0. The minimum atomic E-state index is 0. The lowest BCUT2D eigenvalue weighted by Gasteiger charge is -1.87. The van der Waals surface area contributed by atoms with E-state index in [1.54, 1.807) is 6.20 Å². The van der Waals surface area contributed by atoms with E-state index in [2.05, 4.69) is 10.3 Å². The van der Waals surface area contributed by atoms with Gasteiger partial charge in [0.25, 0.3) is 0 Å². The van der Waals surface area contributed by atoms with E-state index in [0.29, 0.717) is 0 Å². The van der Waals surface area contributed by atoms with Gasteiger partial charge in [-0.05, 0) is 7.05 Å². The van der Waals surface area contributed by atoms with Crippen LogP contribution in [0.2, 0.25) is 0 Å². The molecule has 0 aliphatic rings. The highest BCUT2D eigenvalue weighted by Crippen LogP contribution is 1.92. The van der Waals surface area contributed by atoms with Crippen LogP contribution in [0.4, 0.5) is 0 Å². The molecule has 4 heteroatoms. The Balaban J connectivity index is 0.000000640. The van der Waals surface area contributed by atoms with Gasteiger partial charge in [-0.25, -0.2) is 4.98 Å². The van der Waals surface area contributed by atoms with Gasteiger partial charge < -0.3 is 9.73 Å². The third kappa shape index (κ3) is 2.49.